The largest absolute Gasteiger partial charge is 0.490 e. The number of aliphatic hydroxyl groups excluding tert-OH is 2. The van der Waals surface area contributed by atoms with Crippen molar-refractivity contribution in [2.24, 2.45) is 0 Å². The molecule has 21 heteroatoms. The standard InChI is InChI=1S/C11H18N5O12P3S/c1-25-29(19,20)27-31(23,24)28-30(21,22)26-2-5-7(17)8(18)11(32-5)16-4-15-6-9(12)13-3-14-10(6)16/h3-5,7-8,11,17-18H,2H2,1H3,(H,19,20)(H,21,22)(H,23,24)(H2,12,13,14)/t5-,7-,8-,11-/m1/s1. The zero-order chi connectivity index (χ0) is 23.9. The second-order valence-corrected chi connectivity index (χ2v) is 12.3. The average Bonchev–Trinajstić information content (AvgIpc) is 3.21. The minimum atomic E-state index is -5.56. The third-order valence-corrected chi connectivity index (χ3v) is 9.83. The van der Waals surface area contributed by atoms with Gasteiger partial charge in [0.15, 0.2) is 11.5 Å². The van der Waals surface area contributed by atoms with E-state index in [9.17, 15) is 33.7 Å². The predicted molar refractivity (Wildman–Crippen MR) is 107 cm³/mol. The number of imidazole rings is 1. The highest BCUT2D eigenvalue weighted by Crippen LogP contribution is 2.67. The van der Waals surface area contributed by atoms with Crippen molar-refractivity contribution in [2.75, 3.05) is 19.5 Å². The van der Waals surface area contributed by atoms with Crippen LogP contribution in [0.2, 0.25) is 0 Å². The lowest BCUT2D eigenvalue weighted by Gasteiger charge is -2.19. The molecule has 32 heavy (non-hydrogen) atoms. The summed E-state index contributed by atoms with van der Waals surface area (Å²) in [5.74, 6) is 0.0987. The fourth-order valence-corrected chi connectivity index (χ4v) is 7.47. The van der Waals surface area contributed by atoms with E-state index in [2.05, 4.69) is 32.6 Å². The Kier molecular flexibility index (Phi) is 7.49. The first-order valence-electron chi connectivity index (χ1n) is 8.31. The lowest BCUT2D eigenvalue weighted by atomic mass is 10.1. The van der Waals surface area contributed by atoms with Crippen molar-refractivity contribution >= 4 is 52.2 Å². The van der Waals surface area contributed by atoms with Crippen molar-refractivity contribution < 1.29 is 56.3 Å². The minimum absolute atomic E-state index is 0.0987. The summed E-state index contributed by atoms with van der Waals surface area (Å²) in [6.07, 6.45) is -0.363. The number of aliphatic hydroxyl groups is 2. The Hall–Kier alpha value is -0.970. The number of hydrogen-bond donors (Lipinski definition) is 6. The molecule has 3 heterocycles. The quantitative estimate of drug-likeness (QED) is 0.225. The number of nitrogens with zero attached hydrogens (tertiary/aromatic N) is 4. The predicted octanol–water partition coefficient (Wildman–Crippen LogP) is -0.258. The number of anilines is 1. The molecule has 7 N–H and O–H groups in total. The van der Waals surface area contributed by atoms with Crippen LogP contribution in [0.25, 0.3) is 11.2 Å². The van der Waals surface area contributed by atoms with Gasteiger partial charge in [-0.2, -0.15) is 8.62 Å². The van der Waals surface area contributed by atoms with E-state index in [1.54, 1.807) is 0 Å². The number of aromatic nitrogens is 4. The minimum Gasteiger partial charge on any atom is -0.389 e. The molecular formula is C11H18N5O12P3S. The van der Waals surface area contributed by atoms with Gasteiger partial charge in [-0.05, 0) is 0 Å². The molecule has 0 aliphatic carbocycles. The fourth-order valence-electron chi connectivity index (χ4n) is 2.65. The summed E-state index contributed by atoms with van der Waals surface area (Å²) in [4.78, 5) is 39.9. The number of fused-ring (bicyclic) bond motifs is 1. The first-order valence-corrected chi connectivity index (χ1v) is 13.7. The molecule has 0 saturated carbocycles. The molecular weight excluding hydrogens is 519 g/mol. The van der Waals surface area contributed by atoms with E-state index in [0.717, 1.165) is 11.8 Å². The van der Waals surface area contributed by atoms with Crippen LogP contribution >= 0.6 is 35.2 Å². The van der Waals surface area contributed by atoms with Crippen LogP contribution in [0.3, 0.4) is 0 Å². The van der Waals surface area contributed by atoms with Gasteiger partial charge in [-0.1, -0.05) is 0 Å². The summed E-state index contributed by atoms with van der Waals surface area (Å²) in [5.41, 5.74) is 6.25. The number of phosphoric ester groups is 2. The molecule has 0 amide bonds. The molecule has 1 aliphatic rings. The van der Waals surface area contributed by atoms with E-state index >= 15 is 0 Å². The average molecular weight is 537 g/mol. The molecule has 0 radical (unpaired) electrons. The van der Waals surface area contributed by atoms with Gasteiger partial charge in [0.25, 0.3) is 0 Å². The summed E-state index contributed by atoms with van der Waals surface area (Å²) in [7, 11) is -15.2. The van der Waals surface area contributed by atoms with Crippen LogP contribution in [-0.2, 0) is 31.4 Å². The normalized spacial score (nSPS) is 29.4. The van der Waals surface area contributed by atoms with Crippen molar-refractivity contribution in [3.8, 4) is 0 Å². The summed E-state index contributed by atoms with van der Waals surface area (Å²) < 4.78 is 52.4. The van der Waals surface area contributed by atoms with Crippen LogP contribution in [0.4, 0.5) is 5.82 Å². The summed E-state index contributed by atoms with van der Waals surface area (Å²) in [5, 5.41) is 18.8. The molecule has 0 aromatic carbocycles. The Bertz CT molecular complexity index is 1130. The Morgan fingerprint density at radius 1 is 1.06 bits per heavy atom. The topological polar surface area (TPSA) is 259 Å². The third-order valence-electron chi connectivity index (χ3n) is 4.04. The highest BCUT2D eigenvalue weighted by Gasteiger charge is 2.46. The summed E-state index contributed by atoms with van der Waals surface area (Å²) in [6, 6.07) is 0. The molecule has 0 spiro atoms. The van der Waals surface area contributed by atoms with Crippen LogP contribution in [0, 0.1) is 0 Å². The molecule has 1 saturated heterocycles. The second-order valence-electron chi connectivity index (χ2n) is 6.18. The zero-order valence-corrected chi connectivity index (χ0v) is 19.4. The Morgan fingerprint density at radius 3 is 2.38 bits per heavy atom. The molecule has 7 atom stereocenters. The Labute approximate surface area is 183 Å². The summed E-state index contributed by atoms with van der Waals surface area (Å²) >= 11 is 0.919. The number of nitrogen functional groups attached to an aromatic ring is 1. The van der Waals surface area contributed by atoms with Crippen molar-refractivity contribution in [3.05, 3.63) is 12.7 Å². The lowest BCUT2D eigenvalue weighted by Crippen LogP contribution is -2.33. The van der Waals surface area contributed by atoms with Crippen LogP contribution < -0.4 is 5.73 Å². The Balaban J connectivity index is 1.68. The van der Waals surface area contributed by atoms with E-state index in [1.807, 2.05) is 0 Å². The van der Waals surface area contributed by atoms with Crippen LogP contribution in [0.5, 0.6) is 0 Å². The maximum absolute atomic E-state index is 12.0. The first-order chi connectivity index (χ1) is 14.8. The van der Waals surface area contributed by atoms with E-state index < -0.39 is 52.9 Å². The molecule has 2 aromatic heterocycles. The maximum Gasteiger partial charge on any atom is 0.490 e. The van der Waals surface area contributed by atoms with Gasteiger partial charge in [0.2, 0.25) is 0 Å². The SMILES string of the molecule is COP(=O)(O)OP(=O)(O)OP(=O)(O)OC[C@H]1S[C@@H](n2cnc3c(N)ncnc32)[C@H](O)[C@@H]1O. The van der Waals surface area contributed by atoms with Crippen LogP contribution in [-0.4, -0.2) is 75.6 Å². The number of nitrogens with two attached hydrogens (primary N) is 1. The van der Waals surface area contributed by atoms with Gasteiger partial charge in [0.05, 0.1) is 24.3 Å². The number of phosphoric acid groups is 3. The van der Waals surface area contributed by atoms with Gasteiger partial charge in [-0.25, -0.2) is 28.6 Å². The lowest BCUT2D eigenvalue weighted by molar-refractivity contribution is 0.0111. The molecule has 17 nitrogen and oxygen atoms in total. The van der Waals surface area contributed by atoms with Gasteiger partial charge >= 0.3 is 23.5 Å². The van der Waals surface area contributed by atoms with Crippen molar-refractivity contribution in [1.82, 2.24) is 19.5 Å². The van der Waals surface area contributed by atoms with E-state index in [1.165, 1.54) is 17.2 Å². The monoisotopic (exact) mass is 537 g/mol. The molecule has 180 valence electrons. The molecule has 1 aliphatic heterocycles. The van der Waals surface area contributed by atoms with Gasteiger partial charge in [0, 0.05) is 7.11 Å². The fraction of sp³-hybridized carbons (Fsp3) is 0.545. The van der Waals surface area contributed by atoms with E-state index in [-0.39, 0.29) is 17.0 Å². The van der Waals surface area contributed by atoms with E-state index in [4.69, 9.17) is 10.6 Å². The third kappa shape index (κ3) is 5.74. The molecule has 1 fully saturated rings. The molecule has 2 aromatic rings. The summed E-state index contributed by atoms with van der Waals surface area (Å²) in [6.45, 7) is -0.738. The first kappa shape index (κ1) is 25.6. The molecule has 3 unspecified atom stereocenters. The second kappa shape index (κ2) is 9.35. The van der Waals surface area contributed by atoms with Gasteiger partial charge in [-0.15, -0.1) is 11.8 Å². The van der Waals surface area contributed by atoms with Crippen molar-refractivity contribution in [3.63, 3.8) is 0 Å². The smallest absolute Gasteiger partial charge is 0.389 e. The number of rotatable bonds is 9. The molecule has 3 rings (SSSR count). The van der Waals surface area contributed by atoms with Gasteiger partial charge in [0.1, 0.15) is 23.3 Å². The number of hydrogen-bond acceptors (Lipinski definition) is 14. The van der Waals surface area contributed by atoms with Crippen LogP contribution in [0.15, 0.2) is 12.7 Å². The van der Waals surface area contributed by atoms with Crippen LogP contribution in [0.1, 0.15) is 5.37 Å². The van der Waals surface area contributed by atoms with Crippen molar-refractivity contribution in [2.45, 2.75) is 22.8 Å². The van der Waals surface area contributed by atoms with E-state index in [0.29, 0.717) is 7.11 Å². The molecule has 0 bridgehead atoms. The van der Waals surface area contributed by atoms with Gasteiger partial charge < -0.3 is 30.6 Å². The highest BCUT2D eigenvalue weighted by atomic mass is 32.2. The zero-order valence-electron chi connectivity index (χ0n) is 15.9. The number of thioether (sulfide) groups is 1. The van der Waals surface area contributed by atoms with Crippen molar-refractivity contribution in [1.29, 1.82) is 0 Å². The highest BCUT2D eigenvalue weighted by molar-refractivity contribution is 8.00. The maximum atomic E-state index is 12.0. The van der Waals surface area contributed by atoms with Gasteiger partial charge in [-0.3, -0.25) is 13.6 Å². The Morgan fingerprint density at radius 2 is 1.72 bits per heavy atom.